The Morgan fingerprint density at radius 2 is 1.84 bits per heavy atom. The number of carbonyl (C=O) groups is 1. The largest absolute Gasteiger partial charge is 0.506 e. The number of nitrogens with zero attached hydrogens (tertiary/aromatic N) is 1. The molecule has 6 rings (SSSR count). The molecule has 5 aromatic rings. The van der Waals surface area contributed by atoms with Gasteiger partial charge in [-0.2, -0.15) is 0 Å². The van der Waals surface area contributed by atoms with Gasteiger partial charge in [0.05, 0.1) is 21.1 Å². The van der Waals surface area contributed by atoms with E-state index < -0.39 is 17.7 Å². The van der Waals surface area contributed by atoms with Crippen molar-refractivity contribution in [1.82, 2.24) is 15.2 Å². The van der Waals surface area contributed by atoms with Crippen molar-refractivity contribution in [2.45, 2.75) is 50.4 Å². The van der Waals surface area contributed by atoms with Gasteiger partial charge in [-0.15, -0.1) is 22.7 Å². The Labute approximate surface area is 297 Å². The van der Waals surface area contributed by atoms with Crippen molar-refractivity contribution in [1.29, 1.82) is 0 Å². The molecule has 2 aromatic carbocycles. The number of ether oxygens (including phenoxy) is 2. The summed E-state index contributed by atoms with van der Waals surface area (Å²) in [7, 11) is 2.00. The molecule has 1 unspecified atom stereocenters. The van der Waals surface area contributed by atoms with Crippen LogP contribution in [0.15, 0.2) is 88.5 Å². The molecule has 9 nitrogen and oxygen atoms in total. The number of aliphatic hydroxyl groups is 1. The Bertz CT molecular complexity index is 1840. The van der Waals surface area contributed by atoms with Crippen LogP contribution in [0.3, 0.4) is 0 Å². The van der Waals surface area contributed by atoms with E-state index in [2.05, 4.69) is 15.2 Å². The van der Waals surface area contributed by atoms with Crippen LogP contribution in [0.2, 0.25) is 0 Å². The first-order valence-corrected chi connectivity index (χ1v) is 19.0. The number of fused-ring (bicyclic) bond motifs is 1. The minimum atomic E-state index is -1.81. The minimum absolute atomic E-state index is 0.0966. The average molecular weight is 720 g/mol. The molecule has 12 heteroatoms. The van der Waals surface area contributed by atoms with Gasteiger partial charge in [0, 0.05) is 20.1 Å². The number of hydrogen-bond donors (Lipinski definition) is 4. The van der Waals surface area contributed by atoms with E-state index in [1.165, 1.54) is 22.7 Å². The lowest BCUT2D eigenvalue weighted by molar-refractivity contribution is -0.168. The van der Waals surface area contributed by atoms with Crippen LogP contribution in [0.1, 0.15) is 46.6 Å². The van der Waals surface area contributed by atoms with Crippen molar-refractivity contribution < 1.29 is 24.5 Å². The normalized spacial score (nSPS) is 14.2. The number of phenolic OH excluding ortho intramolecular Hbond substituents is 1. The highest BCUT2D eigenvalue weighted by Gasteiger charge is 2.45. The van der Waals surface area contributed by atoms with Crippen LogP contribution in [0.25, 0.3) is 10.2 Å². The predicted molar refractivity (Wildman–Crippen MR) is 197 cm³/mol. The summed E-state index contributed by atoms with van der Waals surface area (Å²) in [6.45, 7) is 2.78. The Morgan fingerprint density at radius 1 is 1.10 bits per heavy atom. The first kappa shape index (κ1) is 34.9. The molecule has 0 bridgehead atoms. The first-order chi connectivity index (χ1) is 23.8. The number of thiazole rings is 1. The van der Waals surface area contributed by atoms with Crippen molar-refractivity contribution in [2.24, 2.45) is 5.92 Å². The zero-order chi connectivity index (χ0) is 34.2. The SMILES string of the molecule is CN(/C=C/C(OC(=O)C(O)(c1cccs1)c1cccs1)C1CCC1)CCCOc1ccc(CNCCc2ccc(O)c3[nH]c(=O)sc23)cc1. The number of benzene rings is 2. The van der Waals surface area contributed by atoms with Crippen molar-refractivity contribution in [3.8, 4) is 11.5 Å². The van der Waals surface area contributed by atoms with Gasteiger partial charge >= 0.3 is 10.8 Å². The maximum Gasteiger partial charge on any atom is 0.350 e. The number of carbonyl (C=O) groups excluding carboxylic acids is 1. The summed E-state index contributed by atoms with van der Waals surface area (Å²) in [5, 5.41) is 28.8. The third-order valence-electron chi connectivity index (χ3n) is 8.83. The fraction of sp³-hybridized carbons (Fsp3) is 0.351. The molecule has 258 valence electrons. The number of aromatic nitrogens is 1. The van der Waals surface area contributed by atoms with E-state index in [0.29, 0.717) is 28.4 Å². The van der Waals surface area contributed by atoms with E-state index in [9.17, 15) is 19.8 Å². The summed E-state index contributed by atoms with van der Waals surface area (Å²) in [4.78, 5) is 31.0. The standard InChI is InChI=1S/C37H41N3O6S3/c1-40(20-17-30(26-6-2-7-26)46-35(42)37(44,31-8-3-22-47-31)32-9-4-23-48-32)19-5-21-45-28-13-10-25(11-14-28)24-38-18-16-27-12-15-29(41)33-34(27)49-36(43)39-33/h3-4,8-15,17,20,22-23,26,30,38,41,44H,2,5-7,16,18-19,21,24H2,1H3,(H,39,43)/b20-17+. The molecule has 1 fully saturated rings. The molecule has 3 aromatic heterocycles. The third kappa shape index (κ3) is 8.45. The minimum Gasteiger partial charge on any atom is -0.506 e. The quantitative estimate of drug-likeness (QED) is 0.0626. The van der Waals surface area contributed by atoms with Crippen LogP contribution in [-0.4, -0.2) is 58.9 Å². The Hall–Kier alpha value is -3.94. The summed E-state index contributed by atoms with van der Waals surface area (Å²) in [6, 6.07) is 18.8. The maximum absolute atomic E-state index is 13.6. The highest BCUT2D eigenvalue weighted by atomic mass is 32.1. The van der Waals surface area contributed by atoms with E-state index in [1.54, 1.807) is 18.2 Å². The van der Waals surface area contributed by atoms with Gasteiger partial charge in [0.1, 0.15) is 23.1 Å². The number of phenols is 1. The zero-order valence-corrected chi connectivity index (χ0v) is 29.8. The van der Waals surface area contributed by atoms with E-state index in [-0.39, 0.29) is 16.5 Å². The number of nitrogens with one attached hydrogen (secondary N) is 2. The number of H-pyrrole nitrogens is 1. The van der Waals surface area contributed by atoms with Crippen LogP contribution < -0.4 is 14.9 Å². The second-order valence-corrected chi connectivity index (χ2v) is 15.2. The van der Waals surface area contributed by atoms with Gasteiger partial charge < -0.3 is 34.9 Å². The highest BCUT2D eigenvalue weighted by molar-refractivity contribution is 7.16. The Morgan fingerprint density at radius 3 is 2.49 bits per heavy atom. The number of rotatable bonds is 17. The van der Waals surface area contributed by atoms with Crippen LogP contribution in [0, 0.1) is 5.92 Å². The van der Waals surface area contributed by atoms with Gasteiger partial charge in [-0.1, -0.05) is 48.1 Å². The number of aromatic hydroxyl groups is 1. The van der Waals surface area contributed by atoms with Crippen LogP contribution in [0.4, 0.5) is 0 Å². The lowest BCUT2D eigenvalue weighted by atomic mass is 9.81. The van der Waals surface area contributed by atoms with Crippen LogP contribution in [0.5, 0.6) is 11.5 Å². The maximum atomic E-state index is 13.6. The number of hydrogen-bond acceptors (Lipinski definition) is 11. The summed E-state index contributed by atoms with van der Waals surface area (Å²) in [6.07, 6.45) is 8.17. The lowest BCUT2D eigenvalue weighted by Crippen LogP contribution is -2.41. The molecular weight excluding hydrogens is 679 g/mol. The molecule has 1 aliphatic rings. The monoisotopic (exact) mass is 719 g/mol. The van der Waals surface area contributed by atoms with Crippen LogP contribution in [-0.2, 0) is 28.1 Å². The third-order valence-corrected chi connectivity index (χ3v) is 11.7. The van der Waals surface area contributed by atoms with Crippen molar-refractivity contribution in [2.75, 3.05) is 26.7 Å². The first-order valence-electron chi connectivity index (χ1n) is 16.5. The molecule has 1 saturated carbocycles. The molecule has 0 amide bonds. The van der Waals surface area contributed by atoms with Gasteiger partial charge in [0.15, 0.2) is 0 Å². The highest BCUT2D eigenvalue weighted by Crippen LogP contribution is 2.39. The van der Waals surface area contributed by atoms with E-state index in [1.807, 2.05) is 72.5 Å². The molecule has 0 aliphatic heterocycles. The van der Waals surface area contributed by atoms with Crippen molar-refractivity contribution in [3.63, 3.8) is 0 Å². The summed E-state index contributed by atoms with van der Waals surface area (Å²) >= 11 is 3.82. The predicted octanol–water partition coefficient (Wildman–Crippen LogP) is 6.61. The second kappa shape index (κ2) is 16.2. The fourth-order valence-corrected chi connectivity index (χ4v) is 8.41. The molecule has 3 heterocycles. The number of esters is 1. The van der Waals surface area contributed by atoms with Gasteiger partial charge in [0.25, 0.3) is 0 Å². The molecule has 0 saturated heterocycles. The van der Waals surface area contributed by atoms with Gasteiger partial charge in [-0.3, -0.25) is 4.79 Å². The van der Waals surface area contributed by atoms with Crippen LogP contribution >= 0.6 is 34.0 Å². The summed E-state index contributed by atoms with van der Waals surface area (Å²) in [5.74, 6) is 0.523. The zero-order valence-electron chi connectivity index (χ0n) is 27.3. The van der Waals surface area contributed by atoms with Gasteiger partial charge in [-0.05, 0) is 103 Å². The van der Waals surface area contributed by atoms with E-state index >= 15 is 0 Å². The molecule has 1 aliphatic carbocycles. The molecule has 0 radical (unpaired) electrons. The Kier molecular flexibility index (Phi) is 11.5. The molecule has 4 N–H and O–H groups in total. The lowest BCUT2D eigenvalue weighted by Gasteiger charge is -2.34. The van der Waals surface area contributed by atoms with E-state index in [0.717, 1.165) is 78.1 Å². The number of aromatic amines is 1. The fourth-order valence-electron chi connectivity index (χ4n) is 5.80. The van der Waals surface area contributed by atoms with Crippen molar-refractivity contribution >= 4 is 50.2 Å². The van der Waals surface area contributed by atoms with Crippen molar-refractivity contribution in [3.05, 3.63) is 114 Å². The molecule has 49 heavy (non-hydrogen) atoms. The smallest absolute Gasteiger partial charge is 0.350 e. The van der Waals surface area contributed by atoms with E-state index in [4.69, 9.17) is 9.47 Å². The van der Waals surface area contributed by atoms with Gasteiger partial charge in [0.2, 0.25) is 5.60 Å². The Balaban J connectivity index is 0.928. The van der Waals surface area contributed by atoms with Gasteiger partial charge in [-0.25, -0.2) is 4.79 Å². The average Bonchev–Trinajstić information content (AvgIpc) is 3.88. The molecule has 0 spiro atoms. The summed E-state index contributed by atoms with van der Waals surface area (Å²) < 4.78 is 12.8. The number of thiophene rings is 2. The topological polar surface area (TPSA) is 124 Å². The molecular formula is C37H41N3O6S3. The molecule has 1 atom stereocenters. The summed E-state index contributed by atoms with van der Waals surface area (Å²) in [5.41, 5.74) is 0.871. The second-order valence-electron chi connectivity index (χ2n) is 12.3.